The van der Waals surface area contributed by atoms with Crippen LogP contribution in [0.4, 0.5) is 19.3 Å². The van der Waals surface area contributed by atoms with Gasteiger partial charge in [-0.05, 0) is 12.1 Å². The minimum absolute atomic E-state index is 0.0748. The van der Waals surface area contributed by atoms with Gasteiger partial charge in [0, 0.05) is 13.1 Å². The smallest absolute Gasteiger partial charge is 0.322 e. The average molecular weight is 242 g/mol. The minimum Gasteiger partial charge on any atom is -0.386 e. The molecule has 7 heteroatoms. The molecule has 5 nitrogen and oxygen atoms in total. The first-order valence-corrected chi connectivity index (χ1v) is 4.70. The van der Waals surface area contributed by atoms with Crippen LogP contribution in [0.15, 0.2) is 18.2 Å². The molecule has 2 amide bonds. The fourth-order valence-electron chi connectivity index (χ4n) is 1.13. The molecular weight excluding hydrogens is 230 g/mol. The number of amides is 2. The third-order valence-corrected chi connectivity index (χ3v) is 1.93. The Morgan fingerprint density at radius 1 is 1.53 bits per heavy atom. The van der Waals surface area contributed by atoms with Gasteiger partial charge in [-0.25, -0.2) is 13.6 Å². The Bertz CT molecular complexity index is 450. The molecule has 17 heavy (non-hydrogen) atoms. The number of hydrogen-bond donors (Lipinski definition) is 3. The second kappa shape index (κ2) is 5.24. The molecule has 0 saturated heterocycles. The molecule has 0 radical (unpaired) electrons. The molecule has 0 saturated carbocycles. The predicted octanol–water partition coefficient (Wildman–Crippen LogP) is 1.36. The van der Waals surface area contributed by atoms with Crippen LogP contribution >= 0.6 is 0 Å². The Kier molecular flexibility index (Phi) is 3.97. The van der Waals surface area contributed by atoms with Crippen LogP contribution in [0.2, 0.25) is 0 Å². The highest BCUT2D eigenvalue weighted by Crippen LogP contribution is 2.15. The zero-order valence-corrected chi connectivity index (χ0v) is 9.13. The van der Waals surface area contributed by atoms with Gasteiger partial charge in [0.15, 0.2) is 0 Å². The summed E-state index contributed by atoms with van der Waals surface area (Å²) in [6.07, 6.45) is 0. The number of carbonyl (C=O) groups is 1. The number of urea groups is 1. The number of halogens is 2. The SMILES string of the molecule is CN(CC(=N)N)C(=O)Nc1ccc(F)cc1F. The van der Waals surface area contributed by atoms with Crippen molar-refractivity contribution in [2.75, 3.05) is 18.9 Å². The molecule has 0 aromatic heterocycles. The van der Waals surface area contributed by atoms with Crippen LogP contribution in [0.5, 0.6) is 0 Å². The molecule has 4 N–H and O–H groups in total. The molecule has 1 aromatic rings. The van der Waals surface area contributed by atoms with E-state index < -0.39 is 17.7 Å². The highest BCUT2D eigenvalue weighted by atomic mass is 19.1. The first-order chi connectivity index (χ1) is 7.90. The number of anilines is 1. The maximum Gasteiger partial charge on any atom is 0.322 e. The van der Waals surface area contributed by atoms with Crippen molar-refractivity contribution in [1.29, 1.82) is 5.41 Å². The van der Waals surface area contributed by atoms with Crippen LogP contribution in [0.1, 0.15) is 0 Å². The Balaban J connectivity index is 2.71. The van der Waals surface area contributed by atoms with Gasteiger partial charge in [-0.15, -0.1) is 0 Å². The summed E-state index contributed by atoms with van der Waals surface area (Å²) in [4.78, 5) is 12.6. The summed E-state index contributed by atoms with van der Waals surface area (Å²) in [6.45, 7) is -0.0748. The van der Waals surface area contributed by atoms with Crippen molar-refractivity contribution in [2.45, 2.75) is 0 Å². The zero-order valence-electron chi connectivity index (χ0n) is 9.13. The van der Waals surface area contributed by atoms with E-state index in [-0.39, 0.29) is 18.1 Å². The minimum atomic E-state index is -0.866. The molecule has 0 aliphatic heterocycles. The van der Waals surface area contributed by atoms with Gasteiger partial charge in [-0.2, -0.15) is 0 Å². The van der Waals surface area contributed by atoms with Crippen LogP contribution in [0.3, 0.4) is 0 Å². The normalized spacial score (nSPS) is 9.82. The van der Waals surface area contributed by atoms with E-state index in [0.717, 1.165) is 17.0 Å². The van der Waals surface area contributed by atoms with Gasteiger partial charge in [-0.1, -0.05) is 0 Å². The summed E-state index contributed by atoms with van der Waals surface area (Å²) >= 11 is 0. The van der Waals surface area contributed by atoms with Gasteiger partial charge in [0.2, 0.25) is 0 Å². The molecule has 0 unspecified atom stereocenters. The van der Waals surface area contributed by atoms with Crippen molar-refractivity contribution in [3.63, 3.8) is 0 Å². The van der Waals surface area contributed by atoms with Crippen LogP contribution < -0.4 is 11.1 Å². The Morgan fingerprint density at radius 2 is 2.18 bits per heavy atom. The van der Waals surface area contributed by atoms with Gasteiger partial charge in [0.25, 0.3) is 0 Å². The lowest BCUT2D eigenvalue weighted by Gasteiger charge is -2.17. The summed E-state index contributed by atoms with van der Waals surface area (Å²) in [5, 5.41) is 9.24. The van der Waals surface area contributed by atoms with E-state index in [1.54, 1.807) is 0 Å². The van der Waals surface area contributed by atoms with E-state index in [0.29, 0.717) is 6.07 Å². The fourth-order valence-corrected chi connectivity index (χ4v) is 1.13. The van der Waals surface area contributed by atoms with Crippen molar-refractivity contribution >= 4 is 17.6 Å². The number of amidine groups is 1. The molecule has 92 valence electrons. The Hall–Kier alpha value is -2.18. The van der Waals surface area contributed by atoms with E-state index >= 15 is 0 Å². The number of carbonyl (C=O) groups excluding carboxylic acids is 1. The van der Waals surface area contributed by atoms with Crippen LogP contribution in [0.25, 0.3) is 0 Å². The van der Waals surface area contributed by atoms with Gasteiger partial charge < -0.3 is 16.0 Å². The maximum absolute atomic E-state index is 13.2. The van der Waals surface area contributed by atoms with E-state index in [1.165, 1.54) is 7.05 Å². The standard InChI is InChI=1S/C10H12F2N4O/c1-16(5-9(13)14)10(17)15-8-3-2-6(11)4-7(8)12/h2-4H,5H2,1H3,(H3,13,14)(H,15,17). The molecule has 0 aliphatic carbocycles. The van der Waals surface area contributed by atoms with Gasteiger partial charge >= 0.3 is 6.03 Å². The summed E-state index contributed by atoms with van der Waals surface area (Å²) < 4.78 is 25.8. The van der Waals surface area contributed by atoms with Crippen molar-refractivity contribution in [2.24, 2.45) is 5.73 Å². The number of rotatable bonds is 3. The first-order valence-electron chi connectivity index (χ1n) is 4.70. The predicted molar refractivity (Wildman–Crippen MR) is 59.9 cm³/mol. The van der Waals surface area contributed by atoms with E-state index in [1.807, 2.05) is 0 Å². The lowest BCUT2D eigenvalue weighted by atomic mass is 10.3. The lowest BCUT2D eigenvalue weighted by molar-refractivity contribution is 0.227. The first kappa shape index (κ1) is 12.9. The average Bonchev–Trinajstić information content (AvgIpc) is 2.21. The maximum atomic E-state index is 13.2. The van der Waals surface area contributed by atoms with E-state index in [9.17, 15) is 13.6 Å². The summed E-state index contributed by atoms with van der Waals surface area (Å²) in [6, 6.07) is 2.18. The Labute approximate surface area is 96.7 Å². The third kappa shape index (κ3) is 3.71. The molecule has 0 fully saturated rings. The van der Waals surface area contributed by atoms with Crippen LogP contribution in [0, 0.1) is 17.0 Å². The summed E-state index contributed by atoms with van der Waals surface area (Å²) in [5.74, 6) is -1.78. The fraction of sp³-hybridized carbons (Fsp3) is 0.200. The van der Waals surface area contributed by atoms with Gasteiger partial charge in [0.1, 0.15) is 17.5 Å². The molecule has 1 rings (SSSR count). The van der Waals surface area contributed by atoms with Crippen molar-refractivity contribution in [1.82, 2.24) is 4.90 Å². The number of nitrogens with one attached hydrogen (secondary N) is 2. The topological polar surface area (TPSA) is 82.2 Å². The van der Waals surface area contributed by atoms with Crippen molar-refractivity contribution < 1.29 is 13.6 Å². The monoisotopic (exact) mass is 242 g/mol. The largest absolute Gasteiger partial charge is 0.386 e. The second-order valence-corrected chi connectivity index (χ2v) is 3.44. The van der Waals surface area contributed by atoms with Crippen molar-refractivity contribution in [3.8, 4) is 0 Å². The van der Waals surface area contributed by atoms with Gasteiger partial charge in [-0.3, -0.25) is 5.41 Å². The Morgan fingerprint density at radius 3 is 2.71 bits per heavy atom. The number of benzene rings is 1. The molecule has 0 bridgehead atoms. The molecule has 0 aliphatic rings. The summed E-state index contributed by atoms with van der Waals surface area (Å²) in [7, 11) is 1.40. The second-order valence-electron chi connectivity index (χ2n) is 3.44. The quantitative estimate of drug-likeness (QED) is 0.552. The third-order valence-electron chi connectivity index (χ3n) is 1.93. The van der Waals surface area contributed by atoms with E-state index in [2.05, 4.69) is 5.32 Å². The van der Waals surface area contributed by atoms with Gasteiger partial charge in [0.05, 0.1) is 12.2 Å². The van der Waals surface area contributed by atoms with Crippen LogP contribution in [-0.4, -0.2) is 30.4 Å². The molecule has 0 spiro atoms. The number of nitrogens with zero attached hydrogens (tertiary/aromatic N) is 1. The molecule has 0 atom stereocenters. The van der Waals surface area contributed by atoms with Crippen molar-refractivity contribution in [3.05, 3.63) is 29.8 Å². The highest BCUT2D eigenvalue weighted by molar-refractivity contribution is 5.92. The van der Waals surface area contributed by atoms with Crippen LogP contribution in [-0.2, 0) is 0 Å². The molecule has 0 heterocycles. The zero-order chi connectivity index (χ0) is 13.0. The number of likely N-dealkylation sites (N-methyl/N-ethyl adjacent to an activating group) is 1. The molecule has 1 aromatic carbocycles. The number of hydrogen-bond acceptors (Lipinski definition) is 2. The van der Waals surface area contributed by atoms with E-state index in [4.69, 9.17) is 11.1 Å². The summed E-state index contributed by atoms with van der Waals surface area (Å²) in [5.41, 5.74) is 4.98. The molecular formula is C10H12F2N4O. The highest BCUT2D eigenvalue weighted by Gasteiger charge is 2.12. The number of nitrogens with two attached hydrogens (primary N) is 1. The lowest BCUT2D eigenvalue weighted by Crippen LogP contribution is -2.37.